The molecule has 0 aliphatic rings. The summed E-state index contributed by atoms with van der Waals surface area (Å²) in [4.78, 5) is 23.8. The van der Waals surface area contributed by atoms with Gasteiger partial charge in [-0.2, -0.15) is 0 Å². The predicted molar refractivity (Wildman–Crippen MR) is 100 cm³/mol. The summed E-state index contributed by atoms with van der Waals surface area (Å²) in [7, 11) is 3.06. The van der Waals surface area contributed by atoms with E-state index in [9.17, 15) is 9.59 Å². The van der Waals surface area contributed by atoms with Gasteiger partial charge in [0, 0.05) is 0 Å². The number of rotatable bonds is 9. The van der Waals surface area contributed by atoms with Crippen molar-refractivity contribution in [2.75, 3.05) is 32.8 Å². The Morgan fingerprint density at radius 2 is 1.67 bits per heavy atom. The van der Waals surface area contributed by atoms with Crippen LogP contribution in [0.2, 0.25) is 0 Å². The van der Waals surface area contributed by atoms with Crippen molar-refractivity contribution in [3.63, 3.8) is 0 Å². The number of para-hydroxylation sites is 2. The number of benzene rings is 2. The summed E-state index contributed by atoms with van der Waals surface area (Å²) < 4.78 is 20.8. The van der Waals surface area contributed by atoms with Gasteiger partial charge in [0.25, 0.3) is 5.91 Å². The van der Waals surface area contributed by atoms with Gasteiger partial charge in [0.1, 0.15) is 5.75 Å². The lowest BCUT2D eigenvalue weighted by Crippen LogP contribution is -2.22. The van der Waals surface area contributed by atoms with E-state index in [2.05, 4.69) is 5.32 Å². The lowest BCUT2D eigenvalue weighted by Gasteiger charge is -2.12. The zero-order valence-corrected chi connectivity index (χ0v) is 15.6. The third-order valence-corrected chi connectivity index (χ3v) is 3.63. The average Bonchev–Trinajstić information content (AvgIpc) is 2.67. The summed E-state index contributed by atoms with van der Waals surface area (Å²) in [6.07, 6.45) is 0.0130. The summed E-state index contributed by atoms with van der Waals surface area (Å²) >= 11 is 0. The van der Waals surface area contributed by atoms with Crippen LogP contribution in [0.25, 0.3) is 0 Å². The Hall–Kier alpha value is -3.22. The van der Waals surface area contributed by atoms with Gasteiger partial charge in [0.15, 0.2) is 18.1 Å². The monoisotopic (exact) mass is 373 g/mol. The first-order valence-corrected chi connectivity index (χ1v) is 8.39. The number of nitrogens with one attached hydrogen (secondary N) is 1. The van der Waals surface area contributed by atoms with E-state index in [0.29, 0.717) is 22.9 Å². The Bertz CT molecular complexity index is 790. The van der Waals surface area contributed by atoms with E-state index >= 15 is 0 Å². The molecule has 7 nitrogen and oxygen atoms in total. The van der Waals surface area contributed by atoms with Gasteiger partial charge in [0.2, 0.25) is 0 Å². The van der Waals surface area contributed by atoms with Crippen molar-refractivity contribution in [3.8, 4) is 17.2 Å². The van der Waals surface area contributed by atoms with Crippen molar-refractivity contribution < 1.29 is 28.5 Å². The van der Waals surface area contributed by atoms with E-state index < -0.39 is 11.9 Å². The second-order valence-corrected chi connectivity index (χ2v) is 5.66. The van der Waals surface area contributed by atoms with Gasteiger partial charge in [-0.25, -0.2) is 0 Å². The van der Waals surface area contributed by atoms with Crippen LogP contribution in [-0.4, -0.2) is 39.3 Å². The van der Waals surface area contributed by atoms with Crippen LogP contribution < -0.4 is 19.5 Å². The molecule has 0 bridgehead atoms. The molecule has 0 aromatic heterocycles. The molecule has 7 heteroatoms. The molecule has 0 heterocycles. The first-order valence-electron chi connectivity index (χ1n) is 8.39. The van der Waals surface area contributed by atoms with E-state index in [1.807, 2.05) is 19.1 Å². The molecule has 2 aromatic rings. The highest BCUT2D eigenvalue weighted by Gasteiger charge is 2.11. The number of anilines is 1. The minimum Gasteiger partial charge on any atom is -0.495 e. The number of carbonyl (C=O) groups is 2. The Kier molecular flexibility index (Phi) is 7.49. The van der Waals surface area contributed by atoms with Gasteiger partial charge in [-0.05, 0) is 36.8 Å². The van der Waals surface area contributed by atoms with Crippen LogP contribution in [0.15, 0.2) is 42.5 Å². The predicted octanol–water partition coefficient (Wildman–Crippen LogP) is 2.96. The smallest absolute Gasteiger partial charge is 0.309 e. The molecule has 0 saturated heterocycles. The molecule has 2 aromatic carbocycles. The number of hydrogen-bond acceptors (Lipinski definition) is 6. The van der Waals surface area contributed by atoms with Crippen LogP contribution in [0.5, 0.6) is 17.2 Å². The van der Waals surface area contributed by atoms with Crippen LogP contribution in [0.4, 0.5) is 5.69 Å². The molecular formula is C20H23NO6. The van der Waals surface area contributed by atoms with Gasteiger partial charge >= 0.3 is 5.97 Å². The number of carbonyl (C=O) groups excluding carboxylic acids is 2. The van der Waals surface area contributed by atoms with Crippen molar-refractivity contribution >= 4 is 17.6 Å². The summed E-state index contributed by atoms with van der Waals surface area (Å²) in [6.45, 7) is 1.63. The van der Waals surface area contributed by atoms with E-state index in [1.54, 1.807) is 30.3 Å². The Labute approximate surface area is 158 Å². The maximum absolute atomic E-state index is 12.0. The van der Waals surface area contributed by atoms with Gasteiger partial charge in [-0.1, -0.05) is 18.2 Å². The molecule has 0 aliphatic heterocycles. The summed E-state index contributed by atoms with van der Waals surface area (Å²) in [5.74, 6) is 0.675. The van der Waals surface area contributed by atoms with Crippen molar-refractivity contribution in [1.29, 1.82) is 0 Å². The standard InChI is InChI=1S/C20H23NO6/c1-14-8-9-16(24-2)15(12-14)21-19(22)13-27-20(23)10-11-26-18-7-5-4-6-17(18)25-3/h4-9,12H,10-11,13H2,1-3H3,(H,21,22). The number of esters is 1. The summed E-state index contributed by atoms with van der Waals surface area (Å²) in [6, 6.07) is 12.5. The molecule has 1 N–H and O–H groups in total. The summed E-state index contributed by atoms with van der Waals surface area (Å²) in [5, 5.41) is 2.67. The first kappa shape index (κ1) is 20.1. The maximum atomic E-state index is 12.0. The molecule has 0 radical (unpaired) electrons. The molecule has 0 unspecified atom stereocenters. The highest BCUT2D eigenvalue weighted by atomic mass is 16.5. The number of amides is 1. The fraction of sp³-hybridized carbons (Fsp3) is 0.300. The average molecular weight is 373 g/mol. The molecular weight excluding hydrogens is 350 g/mol. The highest BCUT2D eigenvalue weighted by molar-refractivity contribution is 5.94. The lowest BCUT2D eigenvalue weighted by molar-refractivity contribution is -0.147. The molecule has 144 valence electrons. The Balaban J connectivity index is 1.75. The molecule has 0 spiro atoms. The normalized spacial score (nSPS) is 10.0. The molecule has 0 aliphatic carbocycles. The van der Waals surface area contributed by atoms with Crippen molar-refractivity contribution in [3.05, 3.63) is 48.0 Å². The van der Waals surface area contributed by atoms with E-state index in [-0.39, 0.29) is 19.6 Å². The minimum absolute atomic E-state index is 0.0130. The number of ether oxygens (including phenoxy) is 4. The Morgan fingerprint density at radius 3 is 2.37 bits per heavy atom. The number of hydrogen-bond donors (Lipinski definition) is 1. The molecule has 0 atom stereocenters. The van der Waals surface area contributed by atoms with Crippen molar-refractivity contribution in [2.45, 2.75) is 13.3 Å². The second kappa shape index (κ2) is 10.1. The largest absolute Gasteiger partial charge is 0.495 e. The van der Waals surface area contributed by atoms with Crippen LogP contribution in [0, 0.1) is 6.92 Å². The van der Waals surface area contributed by atoms with Crippen LogP contribution in [-0.2, 0) is 14.3 Å². The van der Waals surface area contributed by atoms with Crippen LogP contribution in [0.1, 0.15) is 12.0 Å². The SMILES string of the molecule is COc1ccc(C)cc1NC(=O)COC(=O)CCOc1ccccc1OC. The van der Waals surface area contributed by atoms with Gasteiger partial charge < -0.3 is 24.3 Å². The second-order valence-electron chi connectivity index (χ2n) is 5.66. The minimum atomic E-state index is -0.531. The Morgan fingerprint density at radius 1 is 0.963 bits per heavy atom. The molecule has 1 amide bonds. The van der Waals surface area contributed by atoms with Crippen LogP contribution in [0.3, 0.4) is 0 Å². The third-order valence-electron chi connectivity index (χ3n) is 3.63. The molecule has 27 heavy (non-hydrogen) atoms. The fourth-order valence-electron chi connectivity index (χ4n) is 2.31. The van der Waals surface area contributed by atoms with Crippen molar-refractivity contribution in [2.24, 2.45) is 0 Å². The van der Waals surface area contributed by atoms with E-state index in [1.165, 1.54) is 14.2 Å². The van der Waals surface area contributed by atoms with Gasteiger partial charge in [-0.15, -0.1) is 0 Å². The van der Waals surface area contributed by atoms with Gasteiger partial charge in [0.05, 0.1) is 32.9 Å². The van der Waals surface area contributed by atoms with E-state index in [4.69, 9.17) is 18.9 Å². The lowest BCUT2D eigenvalue weighted by atomic mass is 10.2. The zero-order valence-electron chi connectivity index (χ0n) is 15.6. The number of methoxy groups -OCH3 is 2. The summed E-state index contributed by atoms with van der Waals surface area (Å²) in [5.41, 5.74) is 1.50. The quantitative estimate of drug-likeness (QED) is 0.681. The molecule has 0 saturated carbocycles. The third kappa shape index (κ3) is 6.22. The molecule has 0 fully saturated rings. The topological polar surface area (TPSA) is 83.1 Å². The fourth-order valence-corrected chi connectivity index (χ4v) is 2.31. The van der Waals surface area contributed by atoms with E-state index in [0.717, 1.165) is 5.56 Å². The first-order chi connectivity index (χ1) is 13.0. The number of aryl methyl sites for hydroxylation is 1. The van der Waals surface area contributed by atoms with Gasteiger partial charge in [-0.3, -0.25) is 9.59 Å². The highest BCUT2D eigenvalue weighted by Crippen LogP contribution is 2.26. The molecule has 2 rings (SSSR count). The van der Waals surface area contributed by atoms with Crippen LogP contribution >= 0.6 is 0 Å². The maximum Gasteiger partial charge on any atom is 0.309 e. The zero-order chi connectivity index (χ0) is 19.6. The van der Waals surface area contributed by atoms with Crippen molar-refractivity contribution in [1.82, 2.24) is 0 Å².